The van der Waals surface area contributed by atoms with Crippen LogP contribution in [0.25, 0.3) is 0 Å². The molecule has 32 heavy (non-hydrogen) atoms. The van der Waals surface area contributed by atoms with Gasteiger partial charge in [0, 0.05) is 11.8 Å². The number of rotatable bonds is 2. The third-order valence-corrected chi connectivity index (χ3v) is 11.6. The smallest absolute Gasteiger partial charge is 0.167 e. The van der Waals surface area contributed by atoms with Gasteiger partial charge in [-0.3, -0.25) is 4.90 Å². The van der Waals surface area contributed by atoms with Crippen LogP contribution in [-0.2, 0) is 9.84 Å². The first kappa shape index (κ1) is 19.1. The van der Waals surface area contributed by atoms with Crippen molar-refractivity contribution in [2.45, 2.75) is 47.1 Å². The van der Waals surface area contributed by atoms with E-state index in [2.05, 4.69) is 53.4 Å². The summed E-state index contributed by atoms with van der Waals surface area (Å²) in [5.74, 6) is 0.0689. The second-order valence-corrected chi connectivity index (χ2v) is 12.3. The Kier molecular flexibility index (Phi) is 3.91. The van der Waals surface area contributed by atoms with Crippen LogP contribution < -0.4 is 0 Å². The van der Waals surface area contributed by atoms with E-state index in [4.69, 9.17) is 0 Å². The van der Waals surface area contributed by atoms with Gasteiger partial charge in [-0.05, 0) is 60.2 Å². The van der Waals surface area contributed by atoms with E-state index in [0.29, 0.717) is 6.42 Å². The molecule has 8 rings (SSSR count). The Bertz CT molecular complexity index is 1260. The van der Waals surface area contributed by atoms with Gasteiger partial charge in [-0.15, -0.1) is 0 Å². The van der Waals surface area contributed by atoms with Crippen LogP contribution >= 0.6 is 0 Å². The van der Waals surface area contributed by atoms with Crippen molar-refractivity contribution in [2.24, 2.45) is 0 Å². The molecule has 3 aromatic carbocycles. The van der Waals surface area contributed by atoms with Crippen molar-refractivity contribution < 1.29 is 8.42 Å². The highest BCUT2D eigenvalue weighted by Crippen LogP contribution is 2.69. The summed E-state index contributed by atoms with van der Waals surface area (Å²) in [6.45, 7) is 2.01. The molecule has 0 amide bonds. The van der Waals surface area contributed by atoms with E-state index < -0.39 is 19.8 Å². The summed E-state index contributed by atoms with van der Waals surface area (Å²) in [5, 5.41) is -0.430. The van der Waals surface area contributed by atoms with E-state index in [9.17, 15) is 8.42 Å². The standard InChI is InChI=1S/C28H27NO2S/c30-32(31)26(19-10-2-1-3-11-19)27(29-16-8-9-17-29)28(32)18-24-20-12-4-6-14-22(20)25(28)23-15-7-5-13-21(23)24/h1-7,10-15,24-27H,8-9,16-18H2. The van der Waals surface area contributed by atoms with Gasteiger partial charge in [0.1, 0.15) is 10.00 Å². The van der Waals surface area contributed by atoms with Crippen molar-refractivity contribution in [2.75, 3.05) is 13.1 Å². The molecule has 0 N–H and O–H groups in total. The van der Waals surface area contributed by atoms with Crippen molar-refractivity contribution >= 4 is 9.84 Å². The van der Waals surface area contributed by atoms with Crippen LogP contribution in [0.5, 0.6) is 0 Å². The van der Waals surface area contributed by atoms with Crippen molar-refractivity contribution in [3.63, 3.8) is 0 Å². The minimum Gasteiger partial charge on any atom is -0.297 e. The van der Waals surface area contributed by atoms with Crippen molar-refractivity contribution in [1.82, 2.24) is 4.90 Å². The molecule has 3 aromatic rings. The van der Waals surface area contributed by atoms with E-state index in [0.717, 1.165) is 31.5 Å². The molecular weight excluding hydrogens is 414 g/mol. The second kappa shape index (κ2) is 6.55. The lowest BCUT2D eigenvalue weighted by atomic mass is 9.56. The molecule has 162 valence electrons. The van der Waals surface area contributed by atoms with Crippen LogP contribution in [0, 0.1) is 0 Å². The zero-order chi connectivity index (χ0) is 21.5. The van der Waals surface area contributed by atoms with Crippen LogP contribution in [0.15, 0.2) is 78.9 Å². The Morgan fingerprint density at radius 2 is 1.25 bits per heavy atom. The summed E-state index contributed by atoms with van der Waals surface area (Å²) in [5.41, 5.74) is 6.10. The number of hydrogen-bond acceptors (Lipinski definition) is 3. The number of nitrogens with zero attached hydrogens (tertiary/aromatic N) is 1. The molecule has 2 bridgehead atoms. The molecule has 2 heterocycles. The van der Waals surface area contributed by atoms with Crippen LogP contribution in [-0.4, -0.2) is 37.2 Å². The van der Waals surface area contributed by atoms with Gasteiger partial charge in [-0.25, -0.2) is 8.42 Å². The van der Waals surface area contributed by atoms with E-state index in [1.54, 1.807) is 0 Å². The quantitative estimate of drug-likeness (QED) is 0.559. The topological polar surface area (TPSA) is 37.4 Å². The molecule has 3 aliphatic carbocycles. The second-order valence-electron chi connectivity index (χ2n) is 9.97. The molecule has 0 radical (unpaired) electrons. The van der Waals surface area contributed by atoms with Gasteiger partial charge in [0.25, 0.3) is 0 Å². The zero-order valence-corrected chi connectivity index (χ0v) is 18.8. The largest absolute Gasteiger partial charge is 0.297 e. The normalized spacial score (nSPS) is 34.1. The van der Waals surface area contributed by atoms with Gasteiger partial charge in [-0.2, -0.15) is 0 Å². The predicted octanol–water partition coefficient (Wildman–Crippen LogP) is 5.04. The minimum absolute atomic E-state index is 0.0339. The predicted molar refractivity (Wildman–Crippen MR) is 127 cm³/mol. The molecule has 2 aliphatic heterocycles. The minimum atomic E-state index is -3.38. The summed E-state index contributed by atoms with van der Waals surface area (Å²) in [4.78, 5) is 2.52. The van der Waals surface area contributed by atoms with Gasteiger partial charge in [0.15, 0.2) is 9.84 Å². The first-order valence-corrected chi connectivity index (χ1v) is 13.4. The van der Waals surface area contributed by atoms with E-state index in [-0.39, 0.29) is 17.9 Å². The summed E-state index contributed by atoms with van der Waals surface area (Å²) >= 11 is 0. The lowest BCUT2D eigenvalue weighted by Gasteiger charge is -2.65. The Morgan fingerprint density at radius 3 is 1.84 bits per heavy atom. The SMILES string of the molecule is O=S1(=O)C(c2ccccc2)C(N2CCCC2)C12CC1c3ccccc3C2c2ccccc21. The van der Waals surface area contributed by atoms with Crippen molar-refractivity contribution in [3.05, 3.63) is 107 Å². The third kappa shape index (κ3) is 2.18. The van der Waals surface area contributed by atoms with Crippen molar-refractivity contribution in [3.8, 4) is 0 Å². The molecule has 0 aromatic heterocycles. The molecule has 5 aliphatic rings. The number of sulfone groups is 1. The molecule has 1 spiro atoms. The van der Waals surface area contributed by atoms with E-state index >= 15 is 0 Å². The van der Waals surface area contributed by atoms with Crippen molar-refractivity contribution in [1.29, 1.82) is 0 Å². The number of benzene rings is 3. The lowest BCUT2D eigenvalue weighted by Crippen LogP contribution is -2.75. The summed E-state index contributed by atoms with van der Waals surface area (Å²) in [6.07, 6.45) is 3.03. The maximum absolute atomic E-state index is 14.5. The molecule has 2 fully saturated rings. The molecule has 0 saturated carbocycles. The highest BCUT2D eigenvalue weighted by molar-refractivity contribution is 7.94. The van der Waals surface area contributed by atoms with Gasteiger partial charge in [0.2, 0.25) is 0 Å². The molecule has 3 nitrogen and oxygen atoms in total. The maximum Gasteiger partial charge on any atom is 0.167 e. The fourth-order valence-corrected chi connectivity index (χ4v) is 10.7. The molecule has 4 heteroatoms. The Morgan fingerprint density at radius 1 is 0.719 bits per heavy atom. The van der Waals surface area contributed by atoms with E-state index in [1.165, 1.54) is 22.3 Å². The monoisotopic (exact) mass is 441 g/mol. The van der Waals surface area contributed by atoms with Crippen LogP contribution in [0.2, 0.25) is 0 Å². The van der Waals surface area contributed by atoms with Gasteiger partial charge in [0.05, 0.1) is 6.04 Å². The highest BCUT2D eigenvalue weighted by Gasteiger charge is 2.75. The number of likely N-dealkylation sites (tertiary alicyclic amines) is 1. The average Bonchev–Trinajstić information content (AvgIpc) is 3.37. The van der Waals surface area contributed by atoms with Crippen LogP contribution in [0.4, 0.5) is 0 Å². The molecule has 3 atom stereocenters. The highest BCUT2D eigenvalue weighted by atomic mass is 32.2. The lowest BCUT2D eigenvalue weighted by molar-refractivity contribution is 0.118. The first-order chi connectivity index (χ1) is 15.6. The Hall–Kier alpha value is -2.43. The summed E-state index contributed by atoms with van der Waals surface area (Å²) in [7, 11) is -3.38. The maximum atomic E-state index is 14.5. The first-order valence-electron chi connectivity index (χ1n) is 11.8. The van der Waals surface area contributed by atoms with Crippen LogP contribution in [0.3, 0.4) is 0 Å². The Balaban J connectivity index is 1.49. The molecule has 2 saturated heterocycles. The average molecular weight is 442 g/mol. The van der Waals surface area contributed by atoms with Gasteiger partial charge >= 0.3 is 0 Å². The Labute approximate surface area is 190 Å². The fraction of sp³-hybridized carbons (Fsp3) is 0.357. The molecular formula is C28H27NO2S. The van der Waals surface area contributed by atoms with Gasteiger partial charge in [-0.1, -0.05) is 78.9 Å². The summed E-state index contributed by atoms with van der Waals surface area (Å²) < 4.78 is 28.2. The zero-order valence-electron chi connectivity index (χ0n) is 18.0. The van der Waals surface area contributed by atoms with Crippen LogP contribution in [0.1, 0.15) is 64.2 Å². The fourth-order valence-electron chi connectivity index (χ4n) is 7.56. The number of hydrogen-bond donors (Lipinski definition) is 0. The van der Waals surface area contributed by atoms with E-state index in [1.807, 2.05) is 30.3 Å². The summed E-state index contributed by atoms with van der Waals surface area (Å²) in [6, 6.07) is 27.2. The molecule has 3 unspecified atom stereocenters. The third-order valence-electron chi connectivity index (χ3n) is 8.69. The van der Waals surface area contributed by atoms with Gasteiger partial charge < -0.3 is 0 Å².